The Morgan fingerprint density at radius 3 is 2.72 bits per heavy atom. The van der Waals surface area contributed by atoms with Crippen molar-refractivity contribution in [1.29, 1.82) is 0 Å². The van der Waals surface area contributed by atoms with E-state index in [0.717, 1.165) is 61.4 Å². The van der Waals surface area contributed by atoms with Gasteiger partial charge in [-0.3, -0.25) is 4.90 Å². The molecule has 0 amide bonds. The highest BCUT2D eigenvalue weighted by molar-refractivity contribution is 6.76. The van der Waals surface area contributed by atoms with Crippen molar-refractivity contribution in [1.82, 2.24) is 14.5 Å². The second-order valence-corrected chi connectivity index (χ2v) is 16.7. The van der Waals surface area contributed by atoms with Gasteiger partial charge in [0.15, 0.2) is 0 Å². The Labute approximate surface area is 217 Å². The fourth-order valence-electron chi connectivity index (χ4n) is 4.73. The first-order valence-electron chi connectivity index (χ1n) is 13.2. The summed E-state index contributed by atoms with van der Waals surface area (Å²) in [6.45, 7) is 11.7. The van der Waals surface area contributed by atoms with Gasteiger partial charge in [-0.25, -0.2) is 4.98 Å². The zero-order valence-electron chi connectivity index (χ0n) is 22.4. The number of fused-ring (bicyclic) bond motifs is 1. The number of benzene rings is 1. The Morgan fingerprint density at radius 1 is 1.11 bits per heavy atom. The van der Waals surface area contributed by atoms with Crippen LogP contribution in [-0.2, 0) is 22.7 Å². The van der Waals surface area contributed by atoms with Crippen molar-refractivity contribution in [2.45, 2.75) is 64.3 Å². The number of aromatic nitrogens is 2. The van der Waals surface area contributed by atoms with Gasteiger partial charge in [-0.1, -0.05) is 50.0 Å². The van der Waals surface area contributed by atoms with E-state index in [1.807, 2.05) is 12.3 Å². The van der Waals surface area contributed by atoms with E-state index in [2.05, 4.69) is 77.0 Å². The van der Waals surface area contributed by atoms with Gasteiger partial charge in [0, 0.05) is 57.2 Å². The summed E-state index contributed by atoms with van der Waals surface area (Å²) >= 11 is 0. The van der Waals surface area contributed by atoms with Crippen LogP contribution in [0.25, 0.3) is 17.1 Å². The summed E-state index contributed by atoms with van der Waals surface area (Å²) in [4.78, 5) is 7.37. The van der Waals surface area contributed by atoms with Crippen molar-refractivity contribution >= 4 is 30.9 Å². The van der Waals surface area contributed by atoms with Gasteiger partial charge in [-0.05, 0) is 49.6 Å². The third-order valence-electron chi connectivity index (χ3n) is 6.85. The molecule has 3 aromatic rings. The smallest absolute Gasteiger partial charge is 0.143 e. The molecule has 1 atom stereocenters. The molecular formula is C29H42N4O2Si. The molecule has 1 aliphatic rings. The number of rotatable bonds is 11. The number of pyridine rings is 1. The third kappa shape index (κ3) is 7.45. The van der Waals surface area contributed by atoms with E-state index in [9.17, 15) is 0 Å². The van der Waals surface area contributed by atoms with E-state index in [4.69, 9.17) is 14.5 Å². The van der Waals surface area contributed by atoms with E-state index >= 15 is 0 Å². The Hall–Kier alpha value is -2.61. The predicted octanol–water partition coefficient (Wildman–Crippen LogP) is 6.43. The second kappa shape index (κ2) is 12.6. The molecular weight excluding hydrogens is 464 g/mol. The van der Waals surface area contributed by atoms with Gasteiger partial charge in [0.2, 0.25) is 0 Å². The van der Waals surface area contributed by atoms with Crippen LogP contribution in [-0.4, -0.2) is 55.4 Å². The molecule has 2 aromatic heterocycles. The number of ether oxygens (including phenoxy) is 2. The van der Waals surface area contributed by atoms with Gasteiger partial charge >= 0.3 is 0 Å². The van der Waals surface area contributed by atoms with Gasteiger partial charge in [0.25, 0.3) is 0 Å². The molecule has 0 spiro atoms. The SMILES string of the molecule is CO/C=C\c1cnc2c(ccn2COCC[Si](C)(C)C)c1NC1CCCN(Cc2ccccc2)CC1. The van der Waals surface area contributed by atoms with Crippen molar-refractivity contribution in [3.63, 3.8) is 0 Å². The molecule has 1 unspecified atom stereocenters. The van der Waals surface area contributed by atoms with Gasteiger partial charge in [-0.2, -0.15) is 0 Å². The molecule has 7 heteroatoms. The van der Waals surface area contributed by atoms with Crippen LogP contribution < -0.4 is 5.32 Å². The molecule has 194 valence electrons. The quantitative estimate of drug-likeness (QED) is 0.184. The van der Waals surface area contributed by atoms with Gasteiger partial charge in [0.05, 0.1) is 19.1 Å². The highest BCUT2D eigenvalue weighted by Crippen LogP contribution is 2.30. The zero-order chi connectivity index (χ0) is 25.4. The van der Waals surface area contributed by atoms with Gasteiger partial charge in [0.1, 0.15) is 12.4 Å². The third-order valence-corrected chi connectivity index (χ3v) is 8.55. The normalized spacial score (nSPS) is 17.5. The summed E-state index contributed by atoms with van der Waals surface area (Å²) in [6, 6.07) is 14.5. The fraction of sp³-hybridized carbons (Fsp3) is 0.483. The molecule has 0 saturated carbocycles. The molecule has 0 aliphatic carbocycles. The average molecular weight is 507 g/mol. The second-order valence-electron chi connectivity index (χ2n) is 11.0. The fourth-order valence-corrected chi connectivity index (χ4v) is 5.49. The molecule has 36 heavy (non-hydrogen) atoms. The van der Waals surface area contributed by atoms with Gasteiger partial charge < -0.3 is 19.4 Å². The number of methoxy groups -OCH3 is 1. The molecule has 3 heterocycles. The predicted molar refractivity (Wildman–Crippen MR) is 153 cm³/mol. The number of hydrogen-bond donors (Lipinski definition) is 1. The van der Waals surface area contributed by atoms with Crippen LogP contribution in [0.4, 0.5) is 5.69 Å². The summed E-state index contributed by atoms with van der Waals surface area (Å²) in [5.41, 5.74) is 4.53. The summed E-state index contributed by atoms with van der Waals surface area (Å²) in [5, 5.41) is 5.04. The van der Waals surface area contributed by atoms with E-state index in [-0.39, 0.29) is 0 Å². The summed E-state index contributed by atoms with van der Waals surface area (Å²) < 4.78 is 13.4. The van der Waals surface area contributed by atoms with Crippen LogP contribution >= 0.6 is 0 Å². The topological polar surface area (TPSA) is 51.6 Å². The van der Waals surface area contributed by atoms with E-state index in [0.29, 0.717) is 12.8 Å². The Morgan fingerprint density at radius 2 is 1.94 bits per heavy atom. The maximum atomic E-state index is 6.02. The first-order valence-corrected chi connectivity index (χ1v) is 16.9. The minimum atomic E-state index is -1.10. The lowest BCUT2D eigenvalue weighted by Crippen LogP contribution is -2.26. The lowest BCUT2D eigenvalue weighted by molar-refractivity contribution is 0.0899. The van der Waals surface area contributed by atoms with Crippen LogP contribution in [0.1, 0.15) is 30.4 Å². The van der Waals surface area contributed by atoms with Crippen molar-refractivity contribution in [2.75, 3.05) is 32.1 Å². The van der Waals surface area contributed by atoms with E-state index in [1.54, 1.807) is 13.4 Å². The van der Waals surface area contributed by atoms with Crippen LogP contribution in [0.3, 0.4) is 0 Å². The minimum Gasteiger partial charge on any atom is -0.504 e. The van der Waals surface area contributed by atoms with Crippen molar-refractivity contribution in [3.8, 4) is 0 Å². The molecule has 1 N–H and O–H groups in total. The minimum absolute atomic E-state index is 0.419. The maximum absolute atomic E-state index is 6.02. The average Bonchev–Trinajstić information content (AvgIpc) is 3.14. The molecule has 1 aliphatic heterocycles. The molecule has 6 nitrogen and oxygen atoms in total. The molecule has 4 rings (SSSR count). The first kappa shape index (κ1) is 26.4. The first-order chi connectivity index (χ1) is 17.4. The van der Waals surface area contributed by atoms with Crippen LogP contribution in [0.15, 0.2) is 55.1 Å². The van der Waals surface area contributed by atoms with E-state index < -0.39 is 8.07 Å². The lowest BCUT2D eigenvalue weighted by atomic mass is 10.1. The van der Waals surface area contributed by atoms with Crippen LogP contribution in [0, 0.1) is 0 Å². The number of nitrogens with one attached hydrogen (secondary N) is 1. The Balaban J connectivity index is 1.47. The number of nitrogens with zero attached hydrogens (tertiary/aromatic N) is 3. The molecule has 0 radical (unpaired) electrons. The van der Waals surface area contributed by atoms with Crippen LogP contribution in [0.5, 0.6) is 0 Å². The highest BCUT2D eigenvalue weighted by Gasteiger charge is 2.20. The largest absolute Gasteiger partial charge is 0.504 e. The lowest BCUT2D eigenvalue weighted by Gasteiger charge is -2.22. The van der Waals surface area contributed by atoms with Crippen molar-refractivity contribution in [2.24, 2.45) is 0 Å². The number of hydrogen-bond acceptors (Lipinski definition) is 5. The monoisotopic (exact) mass is 506 g/mol. The molecule has 1 saturated heterocycles. The number of anilines is 1. The van der Waals surface area contributed by atoms with Crippen molar-refractivity contribution < 1.29 is 9.47 Å². The summed E-state index contributed by atoms with van der Waals surface area (Å²) in [5.74, 6) is 0. The number of likely N-dealkylation sites (tertiary alicyclic amines) is 1. The van der Waals surface area contributed by atoms with Gasteiger partial charge in [-0.15, -0.1) is 0 Å². The Bertz CT molecular complexity index is 1120. The summed E-state index contributed by atoms with van der Waals surface area (Å²) in [6.07, 6.45) is 11.2. The summed E-state index contributed by atoms with van der Waals surface area (Å²) in [7, 11) is 0.576. The highest BCUT2D eigenvalue weighted by atomic mass is 28.3. The van der Waals surface area contributed by atoms with Crippen molar-refractivity contribution in [3.05, 3.63) is 66.2 Å². The van der Waals surface area contributed by atoms with E-state index in [1.165, 1.54) is 18.0 Å². The maximum Gasteiger partial charge on any atom is 0.143 e. The standard InChI is InChI=1S/C29H42N4O2Si/c1-34-18-14-25-21-30-29-27(13-17-33(29)23-35-19-20-36(2,3)4)28(25)31-26-11-8-15-32(16-12-26)22-24-9-6-5-7-10-24/h5-7,9-10,13-14,17-18,21,26H,8,11-12,15-16,19-20,22-23H2,1-4H3,(H,30,31)/b18-14-. The van der Waals surface area contributed by atoms with Crippen LogP contribution in [0.2, 0.25) is 25.7 Å². The molecule has 1 fully saturated rings. The Kier molecular flexibility index (Phi) is 9.23. The molecule has 0 bridgehead atoms. The molecule has 1 aromatic carbocycles. The zero-order valence-corrected chi connectivity index (χ0v) is 23.4.